The fourth-order valence-electron chi connectivity index (χ4n) is 3.01. The van der Waals surface area contributed by atoms with Crippen molar-refractivity contribution < 1.29 is 0 Å². The topological polar surface area (TPSA) is 45.8 Å². The van der Waals surface area contributed by atoms with Gasteiger partial charge in [0.25, 0.3) is 5.56 Å². The first-order chi connectivity index (χ1) is 11.2. The Bertz CT molecular complexity index is 954. The van der Waals surface area contributed by atoms with E-state index in [4.69, 9.17) is 0 Å². The van der Waals surface area contributed by atoms with Crippen LogP contribution in [0.2, 0.25) is 0 Å². The van der Waals surface area contributed by atoms with Crippen molar-refractivity contribution in [3.05, 3.63) is 60.9 Å². The molecule has 5 heteroatoms. The van der Waals surface area contributed by atoms with Gasteiger partial charge in [0.05, 0.1) is 5.39 Å². The lowest BCUT2D eigenvalue weighted by molar-refractivity contribution is 0.700. The van der Waals surface area contributed by atoms with E-state index in [0.717, 1.165) is 33.1 Å². The van der Waals surface area contributed by atoms with Crippen molar-refractivity contribution in [2.24, 2.45) is 0 Å². The van der Waals surface area contributed by atoms with E-state index in [-0.39, 0.29) is 5.56 Å². The van der Waals surface area contributed by atoms with Crippen LogP contribution in [0.3, 0.4) is 0 Å². The maximum Gasteiger partial charge on any atom is 0.260 e. The van der Waals surface area contributed by atoms with Crippen molar-refractivity contribution >= 4 is 49.6 Å². The molecule has 3 aromatic rings. The third-order valence-corrected chi connectivity index (χ3v) is 5.86. The molecule has 0 atom stereocenters. The van der Waals surface area contributed by atoms with E-state index in [0.29, 0.717) is 5.82 Å². The smallest absolute Gasteiger partial charge is 0.260 e. The van der Waals surface area contributed by atoms with Gasteiger partial charge >= 0.3 is 0 Å². The zero-order valence-electron chi connectivity index (χ0n) is 12.4. The standard InChI is InChI=1S/C18H15BrN2OS/c19-12-8-5-11(6-9-12)7-10-15-20-17(22)16-13-3-1-2-4-14(13)23-18(16)21-15/h5-10H,1-4H2,(H,20,21,22)/b10-7+. The summed E-state index contributed by atoms with van der Waals surface area (Å²) in [7, 11) is 0. The minimum absolute atomic E-state index is 0.00939. The molecule has 0 fully saturated rings. The maximum absolute atomic E-state index is 12.5. The number of benzene rings is 1. The molecule has 1 aromatic carbocycles. The first-order valence-corrected chi connectivity index (χ1v) is 9.30. The van der Waals surface area contributed by atoms with E-state index < -0.39 is 0 Å². The van der Waals surface area contributed by atoms with Crippen LogP contribution in [0.15, 0.2) is 33.5 Å². The fraction of sp³-hybridized carbons (Fsp3) is 0.222. The van der Waals surface area contributed by atoms with Crippen molar-refractivity contribution in [2.45, 2.75) is 25.7 Å². The zero-order valence-corrected chi connectivity index (χ0v) is 14.8. The highest BCUT2D eigenvalue weighted by Gasteiger charge is 2.19. The second-order valence-corrected chi connectivity index (χ2v) is 7.73. The van der Waals surface area contributed by atoms with Crippen LogP contribution in [0.4, 0.5) is 0 Å². The van der Waals surface area contributed by atoms with E-state index in [1.807, 2.05) is 36.4 Å². The summed E-state index contributed by atoms with van der Waals surface area (Å²) in [5.74, 6) is 0.615. The van der Waals surface area contributed by atoms with Gasteiger partial charge in [-0.1, -0.05) is 34.1 Å². The molecule has 0 amide bonds. The molecule has 23 heavy (non-hydrogen) atoms. The second kappa shape index (κ2) is 6.06. The summed E-state index contributed by atoms with van der Waals surface area (Å²) in [5, 5.41) is 0.811. The van der Waals surface area contributed by atoms with Crippen LogP contribution in [0.5, 0.6) is 0 Å². The van der Waals surface area contributed by atoms with Gasteiger partial charge in [-0.05, 0) is 55.0 Å². The Morgan fingerprint density at radius 1 is 1.13 bits per heavy atom. The number of aromatic amines is 1. The number of halogens is 1. The Morgan fingerprint density at radius 3 is 2.74 bits per heavy atom. The van der Waals surface area contributed by atoms with E-state index in [1.165, 1.54) is 23.3 Å². The molecular formula is C18H15BrN2OS. The molecule has 0 spiro atoms. The monoisotopic (exact) mass is 386 g/mol. The Hall–Kier alpha value is -1.72. The quantitative estimate of drug-likeness (QED) is 0.687. The highest BCUT2D eigenvalue weighted by atomic mass is 79.9. The SMILES string of the molecule is O=c1[nH]c(/C=C/c2ccc(Br)cc2)nc2sc3c(c12)CCCC3. The predicted octanol–water partition coefficient (Wildman–Crippen LogP) is 4.80. The Labute approximate surface area is 146 Å². The highest BCUT2D eigenvalue weighted by Crippen LogP contribution is 2.33. The van der Waals surface area contributed by atoms with Crippen molar-refractivity contribution in [3.63, 3.8) is 0 Å². The number of thiophene rings is 1. The number of H-pyrrole nitrogens is 1. The van der Waals surface area contributed by atoms with Crippen molar-refractivity contribution in [1.29, 1.82) is 0 Å². The highest BCUT2D eigenvalue weighted by molar-refractivity contribution is 9.10. The van der Waals surface area contributed by atoms with Gasteiger partial charge in [-0.3, -0.25) is 4.79 Å². The summed E-state index contributed by atoms with van der Waals surface area (Å²) in [6.45, 7) is 0. The molecule has 116 valence electrons. The molecule has 0 saturated heterocycles. The summed E-state index contributed by atoms with van der Waals surface area (Å²) in [6.07, 6.45) is 8.30. The van der Waals surface area contributed by atoms with Gasteiger partial charge in [0, 0.05) is 9.35 Å². The summed E-state index contributed by atoms with van der Waals surface area (Å²) in [4.78, 5) is 22.2. The van der Waals surface area contributed by atoms with Crippen LogP contribution in [0, 0.1) is 0 Å². The van der Waals surface area contributed by atoms with Gasteiger partial charge in [0.1, 0.15) is 10.7 Å². The Morgan fingerprint density at radius 2 is 1.91 bits per heavy atom. The maximum atomic E-state index is 12.5. The van der Waals surface area contributed by atoms with Crippen LogP contribution in [-0.2, 0) is 12.8 Å². The van der Waals surface area contributed by atoms with Crippen LogP contribution in [0.1, 0.15) is 34.7 Å². The molecule has 0 unspecified atom stereocenters. The minimum atomic E-state index is -0.00939. The van der Waals surface area contributed by atoms with Crippen LogP contribution in [0.25, 0.3) is 22.4 Å². The normalized spacial score (nSPS) is 14.5. The lowest BCUT2D eigenvalue weighted by Crippen LogP contribution is -2.11. The minimum Gasteiger partial charge on any atom is -0.306 e. The lowest BCUT2D eigenvalue weighted by atomic mass is 9.97. The zero-order chi connectivity index (χ0) is 15.8. The Balaban J connectivity index is 1.74. The van der Waals surface area contributed by atoms with Crippen molar-refractivity contribution in [2.75, 3.05) is 0 Å². The van der Waals surface area contributed by atoms with Gasteiger partial charge in [0.2, 0.25) is 0 Å². The first-order valence-electron chi connectivity index (χ1n) is 7.69. The predicted molar refractivity (Wildman–Crippen MR) is 100.0 cm³/mol. The number of nitrogens with one attached hydrogen (secondary N) is 1. The molecule has 1 aliphatic carbocycles. The number of hydrogen-bond donors (Lipinski definition) is 1. The second-order valence-electron chi connectivity index (χ2n) is 5.73. The molecular weight excluding hydrogens is 372 g/mol. The van der Waals surface area contributed by atoms with Crippen molar-refractivity contribution in [1.82, 2.24) is 9.97 Å². The number of hydrogen-bond acceptors (Lipinski definition) is 3. The van der Waals surface area contributed by atoms with Gasteiger partial charge in [-0.15, -0.1) is 11.3 Å². The molecule has 0 bridgehead atoms. The summed E-state index contributed by atoms with van der Waals surface area (Å²) in [6, 6.07) is 8.01. The van der Waals surface area contributed by atoms with Gasteiger partial charge in [-0.2, -0.15) is 0 Å². The number of aromatic nitrogens is 2. The first kappa shape index (κ1) is 14.8. The van der Waals surface area contributed by atoms with Crippen LogP contribution < -0.4 is 5.56 Å². The van der Waals surface area contributed by atoms with Crippen LogP contribution >= 0.6 is 27.3 Å². The number of nitrogens with zero attached hydrogens (tertiary/aromatic N) is 1. The molecule has 2 aromatic heterocycles. The van der Waals surface area contributed by atoms with E-state index in [2.05, 4.69) is 25.9 Å². The number of rotatable bonds is 2. The largest absolute Gasteiger partial charge is 0.306 e. The average molecular weight is 387 g/mol. The summed E-state index contributed by atoms with van der Waals surface area (Å²) < 4.78 is 1.05. The number of aryl methyl sites for hydroxylation is 2. The molecule has 0 saturated carbocycles. The van der Waals surface area contributed by atoms with Crippen molar-refractivity contribution in [3.8, 4) is 0 Å². The van der Waals surface area contributed by atoms with Gasteiger partial charge in [-0.25, -0.2) is 4.98 Å². The number of fused-ring (bicyclic) bond motifs is 3. The molecule has 4 rings (SSSR count). The van der Waals surface area contributed by atoms with Gasteiger partial charge < -0.3 is 4.98 Å². The molecule has 0 radical (unpaired) electrons. The third kappa shape index (κ3) is 2.91. The summed E-state index contributed by atoms with van der Waals surface area (Å²) in [5.41, 5.74) is 2.29. The Kier molecular flexibility index (Phi) is 3.91. The summed E-state index contributed by atoms with van der Waals surface area (Å²) >= 11 is 5.10. The molecule has 1 N–H and O–H groups in total. The molecule has 3 nitrogen and oxygen atoms in total. The van der Waals surface area contributed by atoms with E-state index in [1.54, 1.807) is 11.3 Å². The van der Waals surface area contributed by atoms with Gasteiger partial charge in [0.15, 0.2) is 0 Å². The van der Waals surface area contributed by atoms with E-state index in [9.17, 15) is 4.79 Å². The average Bonchev–Trinajstić information content (AvgIpc) is 2.93. The molecule has 2 heterocycles. The lowest BCUT2D eigenvalue weighted by Gasteiger charge is -2.09. The molecule has 0 aliphatic heterocycles. The fourth-order valence-corrected chi connectivity index (χ4v) is 4.54. The third-order valence-electron chi connectivity index (χ3n) is 4.15. The van der Waals surface area contributed by atoms with E-state index >= 15 is 0 Å². The van der Waals surface area contributed by atoms with Crippen LogP contribution in [-0.4, -0.2) is 9.97 Å². The molecule has 1 aliphatic rings.